The summed E-state index contributed by atoms with van der Waals surface area (Å²) in [5, 5.41) is 2.97. The second kappa shape index (κ2) is 3.89. The summed E-state index contributed by atoms with van der Waals surface area (Å²) in [6, 6.07) is 0. The van der Waals surface area contributed by atoms with Gasteiger partial charge in [-0.15, -0.1) is 0 Å². The van der Waals surface area contributed by atoms with Gasteiger partial charge >= 0.3 is 0 Å². The Morgan fingerprint density at radius 1 is 1.50 bits per heavy atom. The van der Waals surface area contributed by atoms with Crippen molar-refractivity contribution in [3.8, 4) is 0 Å². The van der Waals surface area contributed by atoms with E-state index in [-0.39, 0.29) is 5.91 Å². The van der Waals surface area contributed by atoms with Gasteiger partial charge in [0.2, 0.25) is 5.91 Å². The van der Waals surface area contributed by atoms with E-state index in [0.29, 0.717) is 11.8 Å². The molecular weight excluding hydrogens is 176 g/mol. The molecule has 1 saturated carbocycles. The molecule has 1 aliphatic carbocycles. The normalized spacial score (nSPS) is 19.1. The lowest BCUT2D eigenvalue weighted by Gasteiger charge is -2.19. The highest BCUT2D eigenvalue weighted by atomic mass is 16.1. The summed E-state index contributed by atoms with van der Waals surface area (Å²) in [7, 11) is 0. The second-order valence-corrected chi connectivity index (χ2v) is 5.30. The molecule has 1 amide bonds. The molecule has 0 bridgehead atoms. The highest BCUT2D eigenvalue weighted by molar-refractivity contribution is 5.77. The number of rotatable bonds is 5. The van der Waals surface area contributed by atoms with Gasteiger partial charge in [-0.2, -0.15) is 0 Å². The van der Waals surface area contributed by atoms with Gasteiger partial charge < -0.3 is 11.1 Å². The van der Waals surface area contributed by atoms with Crippen LogP contribution in [0.3, 0.4) is 0 Å². The molecule has 1 rings (SSSR count). The predicted octanol–water partition coefficient (Wildman–Crippen LogP) is 1.42. The molecular formula is C11H22N2O. The van der Waals surface area contributed by atoms with E-state index in [1.54, 1.807) is 0 Å². The van der Waals surface area contributed by atoms with Crippen molar-refractivity contribution in [1.82, 2.24) is 5.32 Å². The third-order valence-corrected chi connectivity index (χ3v) is 2.98. The summed E-state index contributed by atoms with van der Waals surface area (Å²) in [5.74, 6) is 0.0808. The minimum absolute atomic E-state index is 0.0808. The van der Waals surface area contributed by atoms with Crippen molar-refractivity contribution in [2.45, 2.75) is 52.0 Å². The number of carbonyl (C=O) groups is 1. The number of amides is 1. The van der Waals surface area contributed by atoms with E-state index in [2.05, 4.69) is 12.2 Å². The molecule has 0 saturated heterocycles. The molecule has 3 nitrogen and oxygen atoms in total. The van der Waals surface area contributed by atoms with Crippen molar-refractivity contribution >= 4 is 5.91 Å². The van der Waals surface area contributed by atoms with Gasteiger partial charge in [-0.05, 0) is 38.5 Å². The van der Waals surface area contributed by atoms with Crippen LogP contribution in [0.4, 0.5) is 0 Å². The van der Waals surface area contributed by atoms with E-state index in [0.717, 1.165) is 6.54 Å². The minimum atomic E-state index is -0.396. The lowest BCUT2D eigenvalue weighted by atomic mass is 10.0. The SMILES string of the molecule is CCC1(CNC(=O)CC(C)(C)N)CC1. The Kier molecular flexibility index (Phi) is 3.20. The maximum atomic E-state index is 11.5. The van der Waals surface area contributed by atoms with Gasteiger partial charge in [0.25, 0.3) is 0 Å². The van der Waals surface area contributed by atoms with Crippen LogP contribution < -0.4 is 11.1 Å². The van der Waals surface area contributed by atoms with E-state index in [1.165, 1.54) is 19.3 Å². The van der Waals surface area contributed by atoms with Gasteiger partial charge in [0.05, 0.1) is 0 Å². The Bertz CT molecular complexity index is 214. The molecule has 0 atom stereocenters. The van der Waals surface area contributed by atoms with Crippen LogP contribution in [0.15, 0.2) is 0 Å². The first-order valence-corrected chi connectivity index (χ1v) is 5.42. The fourth-order valence-electron chi connectivity index (χ4n) is 1.59. The van der Waals surface area contributed by atoms with E-state index < -0.39 is 5.54 Å². The van der Waals surface area contributed by atoms with Crippen LogP contribution in [0.1, 0.15) is 46.5 Å². The van der Waals surface area contributed by atoms with Gasteiger partial charge in [0, 0.05) is 18.5 Å². The average Bonchev–Trinajstić information content (AvgIpc) is 2.78. The molecule has 3 heteroatoms. The first kappa shape index (κ1) is 11.5. The van der Waals surface area contributed by atoms with Crippen LogP contribution in [-0.2, 0) is 4.79 Å². The molecule has 0 heterocycles. The van der Waals surface area contributed by atoms with Crippen molar-refractivity contribution in [3.63, 3.8) is 0 Å². The number of hydrogen-bond acceptors (Lipinski definition) is 2. The zero-order chi connectivity index (χ0) is 10.8. The summed E-state index contributed by atoms with van der Waals surface area (Å²) < 4.78 is 0. The molecule has 14 heavy (non-hydrogen) atoms. The fourth-order valence-corrected chi connectivity index (χ4v) is 1.59. The van der Waals surface area contributed by atoms with Gasteiger partial charge in [0.15, 0.2) is 0 Å². The quantitative estimate of drug-likeness (QED) is 0.702. The van der Waals surface area contributed by atoms with Gasteiger partial charge in [0.1, 0.15) is 0 Å². The molecule has 0 aromatic carbocycles. The van der Waals surface area contributed by atoms with Gasteiger partial charge in [-0.25, -0.2) is 0 Å². The van der Waals surface area contributed by atoms with Gasteiger partial charge in [-0.1, -0.05) is 6.92 Å². The van der Waals surface area contributed by atoms with Crippen LogP contribution in [0.5, 0.6) is 0 Å². The van der Waals surface area contributed by atoms with Crippen LogP contribution in [0, 0.1) is 5.41 Å². The van der Waals surface area contributed by atoms with Crippen LogP contribution >= 0.6 is 0 Å². The fraction of sp³-hybridized carbons (Fsp3) is 0.909. The molecule has 82 valence electrons. The molecule has 0 spiro atoms. The van der Waals surface area contributed by atoms with E-state index >= 15 is 0 Å². The van der Waals surface area contributed by atoms with E-state index in [4.69, 9.17) is 5.73 Å². The molecule has 0 aromatic rings. The number of hydrogen-bond donors (Lipinski definition) is 2. The maximum absolute atomic E-state index is 11.5. The summed E-state index contributed by atoms with van der Waals surface area (Å²) in [4.78, 5) is 11.5. The Morgan fingerprint density at radius 2 is 2.07 bits per heavy atom. The molecule has 3 N–H and O–H groups in total. The Labute approximate surface area is 86.4 Å². The van der Waals surface area contributed by atoms with Crippen molar-refractivity contribution in [1.29, 1.82) is 0 Å². The van der Waals surface area contributed by atoms with E-state index in [9.17, 15) is 4.79 Å². The molecule has 0 aromatic heterocycles. The zero-order valence-electron chi connectivity index (χ0n) is 9.52. The zero-order valence-corrected chi connectivity index (χ0v) is 9.52. The predicted molar refractivity (Wildman–Crippen MR) is 57.9 cm³/mol. The van der Waals surface area contributed by atoms with Crippen molar-refractivity contribution in [2.75, 3.05) is 6.54 Å². The first-order chi connectivity index (χ1) is 6.37. The monoisotopic (exact) mass is 198 g/mol. The average molecular weight is 198 g/mol. The summed E-state index contributed by atoms with van der Waals surface area (Å²) in [5.41, 5.74) is 5.79. The molecule has 1 aliphatic rings. The van der Waals surface area contributed by atoms with Crippen molar-refractivity contribution in [3.05, 3.63) is 0 Å². The Morgan fingerprint density at radius 3 is 2.43 bits per heavy atom. The lowest BCUT2D eigenvalue weighted by Crippen LogP contribution is -2.40. The minimum Gasteiger partial charge on any atom is -0.355 e. The molecule has 0 aliphatic heterocycles. The largest absolute Gasteiger partial charge is 0.355 e. The van der Waals surface area contributed by atoms with Crippen molar-refractivity contribution < 1.29 is 4.79 Å². The molecule has 0 radical (unpaired) electrons. The van der Waals surface area contributed by atoms with Crippen molar-refractivity contribution in [2.24, 2.45) is 11.1 Å². The standard InChI is InChI=1S/C11H22N2O/c1-4-11(5-6-11)8-13-9(14)7-10(2,3)12/h4-8,12H2,1-3H3,(H,13,14). The third kappa shape index (κ3) is 3.66. The van der Waals surface area contributed by atoms with Crippen LogP contribution in [0.25, 0.3) is 0 Å². The second-order valence-electron chi connectivity index (χ2n) is 5.30. The molecule has 1 fully saturated rings. The highest BCUT2D eigenvalue weighted by Gasteiger charge is 2.40. The topological polar surface area (TPSA) is 55.1 Å². The number of nitrogens with one attached hydrogen (secondary N) is 1. The smallest absolute Gasteiger partial charge is 0.221 e. The van der Waals surface area contributed by atoms with Gasteiger partial charge in [-0.3, -0.25) is 4.79 Å². The summed E-state index contributed by atoms with van der Waals surface area (Å²) in [6.07, 6.45) is 4.09. The number of carbonyl (C=O) groups excluding carboxylic acids is 1. The Balaban J connectivity index is 2.22. The number of nitrogens with two attached hydrogens (primary N) is 1. The third-order valence-electron chi connectivity index (χ3n) is 2.98. The summed E-state index contributed by atoms with van der Waals surface area (Å²) in [6.45, 7) is 6.77. The first-order valence-electron chi connectivity index (χ1n) is 5.42. The van der Waals surface area contributed by atoms with E-state index in [1.807, 2.05) is 13.8 Å². The maximum Gasteiger partial charge on any atom is 0.221 e. The summed E-state index contributed by atoms with van der Waals surface area (Å²) >= 11 is 0. The van der Waals surface area contributed by atoms with Crippen LogP contribution in [-0.4, -0.2) is 18.0 Å². The van der Waals surface area contributed by atoms with Crippen LogP contribution in [0.2, 0.25) is 0 Å². The highest BCUT2D eigenvalue weighted by Crippen LogP contribution is 2.47. The molecule has 0 unspecified atom stereocenters. The Hall–Kier alpha value is -0.570. The lowest BCUT2D eigenvalue weighted by molar-refractivity contribution is -0.122.